The summed E-state index contributed by atoms with van der Waals surface area (Å²) >= 11 is 1.30. The minimum atomic E-state index is -3.01. The number of benzene rings is 1. The van der Waals surface area contributed by atoms with E-state index in [0.29, 0.717) is 29.5 Å². The van der Waals surface area contributed by atoms with E-state index in [0.717, 1.165) is 17.0 Å². The lowest BCUT2D eigenvalue weighted by atomic mass is 10.1. The van der Waals surface area contributed by atoms with Gasteiger partial charge in [0.2, 0.25) is 0 Å². The van der Waals surface area contributed by atoms with Gasteiger partial charge in [-0.2, -0.15) is 0 Å². The maximum atomic E-state index is 13.2. The molecule has 1 aliphatic rings. The Morgan fingerprint density at radius 2 is 1.94 bits per heavy atom. The van der Waals surface area contributed by atoms with Gasteiger partial charge in [0, 0.05) is 36.5 Å². The normalized spacial score (nSPS) is 17.7. The zero-order valence-corrected chi connectivity index (χ0v) is 19.8. The summed E-state index contributed by atoms with van der Waals surface area (Å²) in [6, 6.07) is 8.23. The number of aryl methyl sites for hydroxylation is 1. The van der Waals surface area contributed by atoms with Crippen molar-refractivity contribution in [2.45, 2.75) is 37.9 Å². The van der Waals surface area contributed by atoms with Crippen LogP contribution in [0.25, 0.3) is 0 Å². The molecule has 0 saturated carbocycles. The second-order valence-electron chi connectivity index (χ2n) is 8.21. The highest BCUT2D eigenvalue weighted by Gasteiger charge is 2.32. The van der Waals surface area contributed by atoms with Crippen molar-refractivity contribution in [2.75, 3.05) is 17.3 Å². The molecule has 0 amide bonds. The highest BCUT2D eigenvalue weighted by atomic mass is 32.2. The molecule has 170 valence electrons. The summed E-state index contributed by atoms with van der Waals surface area (Å²) in [5.41, 5.74) is 3.44. The number of hydrogen-bond donors (Lipinski definition) is 0. The molecule has 2 aromatic heterocycles. The Kier molecular flexibility index (Phi) is 6.26. The zero-order valence-electron chi connectivity index (χ0n) is 18.2. The van der Waals surface area contributed by atoms with E-state index in [9.17, 15) is 17.6 Å². The molecule has 0 spiro atoms. The SMILES string of the molecule is Cc1cc(C(=O)CSc2nnc([C@@H]3CCS(=O)(=O)C3)n2C)c(C)n1Cc1ccc(F)cc1. The van der Waals surface area contributed by atoms with Gasteiger partial charge in [-0.1, -0.05) is 23.9 Å². The molecule has 10 heteroatoms. The number of Topliss-reactive ketones (excluding diaryl/α,β-unsaturated/α-hetero) is 1. The van der Waals surface area contributed by atoms with Crippen LogP contribution in [0.5, 0.6) is 0 Å². The van der Waals surface area contributed by atoms with E-state index in [-0.39, 0.29) is 34.8 Å². The number of carbonyl (C=O) groups excluding carboxylic acids is 1. The number of hydrogen-bond acceptors (Lipinski definition) is 6. The Labute approximate surface area is 191 Å². The molecular formula is C22H25FN4O3S2. The molecule has 0 N–H and O–H groups in total. The fourth-order valence-electron chi connectivity index (χ4n) is 4.11. The summed E-state index contributed by atoms with van der Waals surface area (Å²) in [6.07, 6.45) is 0.554. The van der Waals surface area contributed by atoms with Crippen molar-refractivity contribution in [3.63, 3.8) is 0 Å². The second kappa shape index (κ2) is 8.82. The first-order valence-corrected chi connectivity index (χ1v) is 13.1. The summed E-state index contributed by atoms with van der Waals surface area (Å²) < 4.78 is 40.6. The molecule has 3 heterocycles. The number of ketones is 1. The maximum absolute atomic E-state index is 13.2. The Hall–Kier alpha value is -2.46. The lowest BCUT2D eigenvalue weighted by molar-refractivity contribution is 0.102. The minimum absolute atomic E-state index is 0.0125. The van der Waals surface area contributed by atoms with Gasteiger partial charge in [-0.15, -0.1) is 10.2 Å². The molecule has 1 aromatic carbocycles. The molecule has 0 radical (unpaired) electrons. The summed E-state index contributed by atoms with van der Waals surface area (Å²) in [6.45, 7) is 4.43. The largest absolute Gasteiger partial charge is 0.344 e. The van der Waals surface area contributed by atoms with Crippen LogP contribution in [0.1, 0.15) is 45.5 Å². The number of aromatic nitrogens is 4. The molecular weight excluding hydrogens is 451 g/mol. The topological polar surface area (TPSA) is 86.9 Å². The molecule has 7 nitrogen and oxygen atoms in total. The molecule has 3 aromatic rings. The van der Waals surface area contributed by atoms with Crippen LogP contribution in [0, 0.1) is 19.7 Å². The van der Waals surface area contributed by atoms with Crippen LogP contribution in [-0.4, -0.2) is 50.8 Å². The van der Waals surface area contributed by atoms with E-state index in [1.54, 1.807) is 16.7 Å². The van der Waals surface area contributed by atoms with Gasteiger partial charge in [0.1, 0.15) is 11.6 Å². The van der Waals surface area contributed by atoms with E-state index < -0.39 is 9.84 Å². The molecule has 1 aliphatic heterocycles. The first-order valence-electron chi connectivity index (χ1n) is 10.3. The summed E-state index contributed by atoms with van der Waals surface area (Å²) in [5, 5.41) is 8.96. The van der Waals surface area contributed by atoms with Crippen LogP contribution < -0.4 is 0 Å². The molecule has 1 saturated heterocycles. The van der Waals surface area contributed by atoms with Gasteiger partial charge in [-0.25, -0.2) is 12.8 Å². The van der Waals surface area contributed by atoms with Crippen LogP contribution >= 0.6 is 11.8 Å². The van der Waals surface area contributed by atoms with Crippen LogP contribution in [0.3, 0.4) is 0 Å². The smallest absolute Gasteiger partial charge is 0.191 e. The predicted octanol–water partition coefficient (Wildman–Crippen LogP) is 3.30. The lowest BCUT2D eigenvalue weighted by Crippen LogP contribution is -2.10. The van der Waals surface area contributed by atoms with Crippen LogP contribution in [0.15, 0.2) is 35.5 Å². The van der Waals surface area contributed by atoms with Gasteiger partial charge < -0.3 is 9.13 Å². The van der Waals surface area contributed by atoms with Crippen LogP contribution in [0.2, 0.25) is 0 Å². The highest BCUT2D eigenvalue weighted by molar-refractivity contribution is 7.99. The fourth-order valence-corrected chi connectivity index (χ4v) is 6.65. The Balaban J connectivity index is 1.44. The molecule has 32 heavy (non-hydrogen) atoms. The van der Waals surface area contributed by atoms with Crippen molar-refractivity contribution >= 4 is 27.4 Å². The average molecular weight is 477 g/mol. The van der Waals surface area contributed by atoms with Gasteiger partial charge in [0.25, 0.3) is 0 Å². The standard InChI is InChI=1S/C22H25FN4O3S2/c1-14-10-19(15(2)27(14)11-16-4-6-18(23)7-5-16)20(28)12-31-22-25-24-21(26(22)3)17-8-9-32(29,30)13-17/h4-7,10,17H,8-9,11-13H2,1-3H3/t17-/m1/s1. The number of sulfone groups is 1. The van der Waals surface area contributed by atoms with Gasteiger partial charge in [-0.3, -0.25) is 4.79 Å². The quantitative estimate of drug-likeness (QED) is 0.384. The maximum Gasteiger partial charge on any atom is 0.191 e. The predicted molar refractivity (Wildman–Crippen MR) is 121 cm³/mol. The van der Waals surface area contributed by atoms with Crippen LogP contribution in [-0.2, 0) is 23.4 Å². The van der Waals surface area contributed by atoms with Crippen molar-refractivity contribution in [2.24, 2.45) is 7.05 Å². The fraction of sp³-hybridized carbons (Fsp3) is 0.409. The number of halogens is 1. The number of nitrogens with zero attached hydrogens (tertiary/aromatic N) is 4. The van der Waals surface area contributed by atoms with Crippen molar-refractivity contribution in [1.82, 2.24) is 19.3 Å². The van der Waals surface area contributed by atoms with E-state index in [1.807, 2.05) is 31.5 Å². The molecule has 0 aliphatic carbocycles. The van der Waals surface area contributed by atoms with E-state index in [4.69, 9.17) is 0 Å². The molecule has 0 unspecified atom stereocenters. The van der Waals surface area contributed by atoms with Gasteiger partial charge >= 0.3 is 0 Å². The van der Waals surface area contributed by atoms with Gasteiger partial charge in [-0.05, 0) is 44.0 Å². The first-order chi connectivity index (χ1) is 15.1. The summed E-state index contributed by atoms with van der Waals surface area (Å²) in [4.78, 5) is 12.9. The third-order valence-corrected chi connectivity index (χ3v) is 8.71. The number of carbonyl (C=O) groups is 1. The number of thioether (sulfide) groups is 1. The van der Waals surface area contributed by atoms with E-state index in [2.05, 4.69) is 10.2 Å². The average Bonchev–Trinajstić information content (AvgIpc) is 3.38. The summed E-state index contributed by atoms with van der Waals surface area (Å²) in [7, 11) is -1.20. The number of rotatable bonds is 7. The van der Waals surface area contributed by atoms with Crippen molar-refractivity contribution < 1.29 is 17.6 Å². The Bertz CT molecular complexity index is 1260. The molecule has 4 rings (SSSR count). The van der Waals surface area contributed by atoms with Crippen molar-refractivity contribution in [3.8, 4) is 0 Å². The van der Waals surface area contributed by atoms with Crippen molar-refractivity contribution in [3.05, 3.63) is 64.5 Å². The van der Waals surface area contributed by atoms with E-state index >= 15 is 0 Å². The van der Waals surface area contributed by atoms with E-state index in [1.165, 1.54) is 23.9 Å². The van der Waals surface area contributed by atoms with Crippen molar-refractivity contribution in [1.29, 1.82) is 0 Å². The van der Waals surface area contributed by atoms with Gasteiger partial charge in [0.15, 0.2) is 20.8 Å². The third-order valence-electron chi connectivity index (χ3n) is 5.93. The highest BCUT2D eigenvalue weighted by Crippen LogP contribution is 2.29. The molecule has 1 fully saturated rings. The minimum Gasteiger partial charge on any atom is -0.344 e. The third kappa shape index (κ3) is 4.66. The summed E-state index contributed by atoms with van der Waals surface area (Å²) in [5.74, 6) is 0.703. The molecule has 0 bridgehead atoms. The molecule has 1 atom stereocenters. The van der Waals surface area contributed by atoms with Crippen LogP contribution in [0.4, 0.5) is 4.39 Å². The second-order valence-corrected chi connectivity index (χ2v) is 11.4. The first kappa shape index (κ1) is 22.7. The lowest BCUT2D eigenvalue weighted by Gasteiger charge is -2.10. The van der Waals surface area contributed by atoms with Gasteiger partial charge in [0.05, 0.1) is 17.3 Å². The monoisotopic (exact) mass is 476 g/mol. The zero-order chi connectivity index (χ0) is 23.0. The Morgan fingerprint density at radius 3 is 2.59 bits per heavy atom. The Morgan fingerprint density at radius 1 is 1.22 bits per heavy atom.